The van der Waals surface area contributed by atoms with Gasteiger partial charge >= 0.3 is 6.09 Å². The molecule has 4 nitrogen and oxygen atoms in total. The van der Waals surface area contributed by atoms with Crippen molar-refractivity contribution in [2.75, 3.05) is 13.1 Å². The Morgan fingerprint density at radius 3 is 2.67 bits per heavy atom. The summed E-state index contributed by atoms with van der Waals surface area (Å²) in [5.41, 5.74) is 2.15. The molecule has 0 aliphatic carbocycles. The van der Waals surface area contributed by atoms with E-state index in [-0.39, 0.29) is 6.09 Å². The number of hydrogen-bond donors (Lipinski definition) is 0. The van der Waals surface area contributed by atoms with Gasteiger partial charge in [-0.25, -0.2) is 4.79 Å². The zero-order chi connectivity index (χ0) is 17.2. The molecule has 0 spiro atoms. The third kappa shape index (κ3) is 3.94. The Bertz CT molecular complexity index is 759. The standard InChI is InChI=1S/C20H24N2O2/c1-20(2,3)24-19(23)22-11-8-15(9-12-22)13-16-5-4-6-17-14-21-10-7-18(16)17/h4-7,10,13-14H,8-9,11-12H2,1-3H3. The maximum atomic E-state index is 12.1. The molecular weight excluding hydrogens is 300 g/mol. The number of aromatic nitrogens is 1. The van der Waals surface area contributed by atoms with E-state index in [4.69, 9.17) is 4.74 Å². The van der Waals surface area contributed by atoms with Gasteiger partial charge in [-0.3, -0.25) is 4.98 Å². The van der Waals surface area contributed by atoms with Crippen LogP contribution in [0.2, 0.25) is 0 Å². The molecule has 1 aliphatic heterocycles. The zero-order valence-electron chi connectivity index (χ0n) is 14.6. The molecule has 2 aromatic rings. The minimum Gasteiger partial charge on any atom is -0.444 e. The van der Waals surface area contributed by atoms with Gasteiger partial charge in [0.05, 0.1) is 0 Å². The highest BCUT2D eigenvalue weighted by atomic mass is 16.6. The van der Waals surface area contributed by atoms with Crippen molar-refractivity contribution in [2.45, 2.75) is 39.2 Å². The predicted octanol–water partition coefficient (Wildman–Crippen LogP) is 4.65. The molecule has 1 aromatic heterocycles. The van der Waals surface area contributed by atoms with Crippen molar-refractivity contribution in [2.24, 2.45) is 0 Å². The van der Waals surface area contributed by atoms with E-state index in [1.165, 1.54) is 16.5 Å². The first-order chi connectivity index (χ1) is 11.4. The summed E-state index contributed by atoms with van der Waals surface area (Å²) in [5.74, 6) is 0. The summed E-state index contributed by atoms with van der Waals surface area (Å²) >= 11 is 0. The Hall–Kier alpha value is -2.36. The Labute approximate surface area is 143 Å². The Kier molecular flexibility index (Phi) is 4.56. The van der Waals surface area contributed by atoms with Gasteiger partial charge in [0.2, 0.25) is 0 Å². The second-order valence-corrected chi connectivity index (χ2v) is 7.21. The molecule has 1 aromatic carbocycles. The molecule has 1 fully saturated rings. The number of rotatable bonds is 1. The first-order valence-electron chi connectivity index (χ1n) is 8.42. The van der Waals surface area contributed by atoms with Crippen LogP contribution in [0.3, 0.4) is 0 Å². The van der Waals surface area contributed by atoms with Crippen LogP contribution in [0.1, 0.15) is 39.2 Å². The Balaban J connectivity index is 1.70. The van der Waals surface area contributed by atoms with Crippen LogP contribution in [0.4, 0.5) is 4.79 Å². The molecular formula is C20H24N2O2. The molecule has 1 amide bonds. The number of carbonyl (C=O) groups excluding carboxylic acids is 1. The second-order valence-electron chi connectivity index (χ2n) is 7.21. The SMILES string of the molecule is CC(C)(C)OC(=O)N1CCC(=Cc2cccc3cnccc23)CC1. The van der Waals surface area contributed by atoms with Gasteiger partial charge in [-0.05, 0) is 50.6 Å². The van der Waals surface area contributed by atoms with Gasteiger partial charge in [0.15, 0.2) is 0 Å². The quantitative estimate of drug-likeness (QED) is 0.767. The number of pyridine rings is 1. The van der Waals surface area contributed by atoms with E-state index in [0.717, 1.165) is 18.2 Å². The smallest absolute Gasteiger partial charge is 0.410 e. The lowest BCUT2D eigenvalue weighted by Crippen LogP contribution is -2.40. The van der Waals surface area contributed by atoms with Crippen LogP contribution in [-0.2, 0) is 4.74 Å². The minimum absolute atomic E-state index is 0.210. The number of nitrogens with zero attached hydrogens (tertiary/aromatic N) is 2. The fraction of sp³-hybridized carbons (Fsp3) is 0.400. The van der Waals surface area contributed by atoms with Gasteiger partial charge in [0.25, 0.3) is 0 Å². The molecule has 1 saturated heterocycles. The number of likely N-dealkylation sites (tertiary alicyclic amines) is 1. The van der Waals surface area contributed by atoms with Crippen molar-refractivity contribution in [1.82, 2.24) is 9.88 Å². The number of piperidine rings is 1. The van der Waals surface area contributed by atoms with E-state index >= 15 is 0 Å². The number of benzene rings is 1. The third-order valence-corrected chi connectivity index (χ3v) is 4.13. The Morgan fingerprint density at radius 2 is 1.96 bits per heavy atom. The number of amides is 1. The molecule has 0 unspecified atom stereocenters. The van der Waals surface area contributed by atoms with Gasteiger partial charge in [0.1, 0.15) is 5.60 Å². The molecule has 2 heterocycles. The van der Waals surface area contributed by atoms with Gasteiger partial charge in [0, 0.05) is 30.9 Å². The highest BCUT2D eigenvalue weighted by Gasteiger charge is 2.24. The highest BCUT2D eigenvalue weighted by Crippen LogP contribution is 2.25. The van der Waals surface area contributed by atoms with E-state index in [2.05, 4.69) is 35.3 Å². The first-order valence-corrected chi connectivity index (χ1v) is 8.42. The zero-order valence-corrected chi connectivity index (χ0v) is 14.6. The van der Waals surface area contributed by atoms with Crippen LogP contribution < -0.4 is 0 Å². The number of fused-ring (bicyclic) bond motifs is 1. The lowest BCUT2D eigenvalue weighted by Gasteiger charge is -2.31. The maximum absolute atomic E-state index is 12.1. The fourth-order valence-corrected chi connectivity index (χ4v) is 2.94. The average molecular weight is 324 g/mol. The topological polar surface area (TPSA) is 42.4 Å². The lowest BCUT2D eigenvalue weighted by molar-refractivity contribution is 0.0237. The second kappa shape index (κ2) is 6.63. The molecule has 0 atom stereocenters. The van der Waals surface area contributed by atoms with Gasteiger partial charge < -0.3 is 9.64 Å². The Morgan fingerprint density at radius 1 is 1.21 bits per heavy atom. The first kappa shape index (κ1) is 16.5. The summed E-state index contributed by atoms with van der Waals surface area (Å²) in [7, 11) is 0. The number of carbonyl (C=O) groups is 1. The monoisotopic (exact) mass is 324 g/mol. The van der Waals surface area contributed by atoms with Crippen LogP contribution in [0.15, 0.2) is 42.2 Å². The summed E-state index contributed by atoms with van der Waals surface area (Å²) in [6.45, 7) is 7.13. The summed E-state index contributed by atoms with van der Waals surface area (Å²) < 4.78 is 5.45. The molecule has 4 heteroatoms. The van der Waals surface area contributed by atoms with Gasteiger partial charge in [-0.2, -0.15) is 0 Å². The molecule has 0 saturated carbocycles. The molecule has 3 rings (SSSR count). The van der Waals surface area contributed by atoms with E-state index in [9.17, 15) is 4.79 Å². The fourth-order valence-electron chi connectivity index (χ4n) is 2.94. The van der Waals surface area contributed by atoms with Crippen molar-refractivity contribution in [3.63, 3.8) is 0 Å². The van der Waals surface area contributed by atoms with E-state index in [1.807, 2.05) is 33.2 Å². The van der Waals surface area contributed by atoms with Crippen LogP contribution in [0.25, 0.3) is 16.8 Å². The summed E-state index contributed by atoms with van der Waals surface area (Å²) in [5, 5.41) is 2.37. The average Bonchev–Trinajstić information content (AvgIpc) is 2.54. The minimum atomic E-state index is -0.440. The largest absolute Gasteiger partial charge is 0.444 e. The third-order valence-electron chi connectivity index (χ3n) is 4.13. The van der Waals surface area contributed by atoms with Crippen LogP contribution in [0, 0.1) is 0 Å². The molecule has 1 aliphatic rings. The van der Waals surface area contributed by atoms with Crippen LogP contribution >= 0.6 is 0 Å². The molecule has 0 N–H and O–H groups in total. The van der Waals surface area contributed by atoms with Crippen molar-refractivity contribution < 1.29 is 9.53 Å². The summed E-state index contributed by atoms with van der Waals surface area (Å²) in [4.78, 5) is 18.1. The summed E-state index contributed by atoms with van der Waals surface area (Å²) in [6, 6.07) is 8.33. The van der Waals surface area contributed by atoms with Crippen molar-refractivity contribution in [3.05, 3.63) is 47.8 Å². The predicted molar refractivity (Wildman–Crippen MR) is 96.8 cm³/mol. The molecule has 0 bridgehead atoms. The van der Waals surface area contributed by atoms with Crippen molar-refractivity contribution in [1.29, 1.82) is 0 Å². The normalized spacial score (nSPS) is 15.5. The van der Waals surface area contributed by atoms with E-state index in [1.54, 1.807) is 4.90 Å². The summed E-state index contributed by atoms with van der Waals surface area (Å²) in [6.07, 6.45) is 7.55. The number of hydrogen-bond acceptors (Lipinski definition) is 3. The maximum Gasteiger partial charge on any atom is 0.410 e. The molecule has 126 valence electrons. The van der Waals surface area contributed by atoms with E-state index < -0.39 is 5.60 Å². The van der Waals surface area contributed by atoms with Gasteiger partial charge in [-0.15, -0.1) is 0 Å². The van der Waals surface area contributed by atoms with Gasteiger partial charge in [-0.1, -0.05) is 29.8 Å². The van der Waals surface area contributed by atoms with Crippen molar-refractivity contribution >= 4 is 22.9 Å². The van der Waals surface area contributed by atoms with Crippen LogP contribution in [-0.4, -0.2) is 34.7 Å². The van der Waals surface area contributed by atoms with E-state index in [0.29, 0.717) is 13.1 Å². The van der Waals surface area contributed by atoms with Crippen LogP contribution in [0.5, 0.6) is 0 Å². The lowest BCUT2D eigenvalue weighted by atomic mass is 9.98. The highest BCUT2D eigenvalue weighted by molar-refractivity contribution is 5.90. The molecule has 24 heavy (non-hydrogen) atoms. The number of ether oxygens (including phenoxy) is 1. The molecule has 0 radical (unpaired) electrons. The van der Waals surface area contributed by atoms with Crippen molar-refractivity contribution in [3.8, 4) is 0 Å².